The van der Waals surface area contributed by atoms with Gasteiger partial charge in [-0.15, -0.1) is 0 Å². The Balaban J connectivity index is 2.09. The van der Waals surface area contributed by atoms with Crippen LogP contribution < -0.4 is 5.32 Å². The molecule has 0 aromatic carbocycles. The number of hydrogen-bond donors (Lipinski definition) is 1. The molecule has 0 radical (unpaired) electrons. The zero-order valence-corrected chi connectivity index (χ0v) is 13.9. The molecule has 1 N–H and O–H groups in total. The number of aliphatic imine (C=N–C) groups is 1. The maximum absolute atomic E-state index is 5.54. The van der Waals surface area contributed by atoms with Crippen molar-refractivity contribution in [3.8, 4) is 0 Å². The number of nitrogens with one attached hydrogen (secondary N) is 1. The van der Waals surface area contributed by atoms with Crippen LogP contribution in [0.3, 0.4) is 0 Å². The van der Waals surface area contributed by atoms with Crippen molar-refractivity contribution in [1.29, 1.82) is 0 Å². The number of rotatable bonds is 5. The number of nitrogens with zero attached hydrogens (tertiary/aromatic N) is 5. The normalized spacial score (nSPS) is 11.8. The molecule has 0 spiro atoms. The number of hydrogen-bond acceptors (Lipinski definition) is 4. The van der Waals surface area contributed by atoms with E-state index in [9.17, 15) is 0 Å². The van der Waals surface area contributed by atoms with Crippen molar-refractivity contribution in [3.05, 3.63) is 35.3 Å². The second-order valence-electron chi connectivity index (χ2n) is 5.26. The van der Waals surface area contributed by atoms with Crippen molar-refractivity contribution in [2.24, 2.45) is 12.0 Å². The molecule has 120 valence electrons. The van der Waals surface area contributed by atoms with Gasteiger partial charge in [-0.1, -0.05) is 0 Å². The van der Waals surface area contributed by atoms with Gasteiger partial charge in [0.15, 0.2) is 5.96 Å². The lowest BCUT2D eigenvalue weighted by Crippen LogP contribution is -2.39. The summed E-state index contributed by atoms with van der Waals surface area (Å²) in [6.45, 7) is 8.02. The third-order valence-corrected chi connectivity index (χ3v) is 3.42. The molecule has 0 bridgehead atoms. The molecule has 0 unspecified atom stereocenters. The van der Waals surface area contributed by atoms with Gasteiger partial charge in [-0.25, -0.2) is 9.98 Å². The molecule has 0 fully saturated rings. The van der Waals surface area contributed by atoms with Gasteiger partial charge in [0.05, 0.1) is 13.1 Å². The lowest BCUT2D eigenvalue weighted by atomic mass is 10.2. The van der Waals surface area contributed by atoms with E-state index in [0.29, 0.717) is 13.1 Å². The van der Waals surface area contributed by atoms with Crippen molar-refractivity contribution in [1.82, 2.24) is 25.0 Å². The molecule has 7 nitrogen and oxygen atoms in total. The van der Waals surface area contributed by atoms with Gasteiger partial charge in [0.25, 0.3) is 0 Å². The molecule has 0 atom stereocenters. The number of furan rings is 1. The van der Waals surface area contributed by atoms with Gasteiger partial charge in [-0.05, 0) is 26.8 Å². The van der Waals surface area contributed by atoms with Gasteiger partial charge in [0.1, 0.15) is 23.7 Å². The third-order valence-electron chi connectivity index (χ3n) is 3.42. The van der Waals surface area contributed by atoms with Crippen LogP contribution in [-0.2, 0) is 20.1 Å². The van der Waals surface area contributed by atoms with Crippen LogP contribution in [0.1, 0.15) is 29.8 Å². The Bertz CT molecular complexity index is 642. The van der Waals surface area contributed by atoms with E-state index < -0.39 is 0 Å². The van der Waals surface area contributed by atoms with E-state index in [-0.39, 0.29) is 0 Å². The second-order valence-corrected chi connectivity index (χ2v) is 5.26. The monoisotopic (exact) mass is 304 g/mol. The molecule has 2 heterocycles. The van der Waals surface area contributed by atoms with E-state index in [1.165, 1.54) is 0 Å². The van der Waals surface area contributed by atoms with Crippen LogP contribution in [0.25, 0.3) is 0 Å². The molecule has 2 aromatic heterocycles. The summed E-state index contributed by atoms with van der Waals surface area (Å²) in [4.78, 5) is 11.0. The molecule has 0 amide bonds. The van der Waals surface area contributed by atoms with Crippen molar-refractivity contribution < 1.29 is 4.42 Å². The number of aromatic nitrogens is 3. The van der Waals surface area contributed by atoms with Gasteiger partial charge < -0.3 is 14.6 Å². The summed E-state index contributed by atoms with van der Waals surface area (Å²) in [6.07, 6.45) is 1.56. The Kier molecular flexibility index (Phi) is 5.19. The first-order chi connectivity index (χ1) is 10.5. The number of aryl methyl sites for hydroxylation is 3. The Morgan fingerprint density at radius 3 is 2.77 bits per heavy atom. The Morgan fingerprint density at radius 1 is 1.45 bits per heavy atom. The molecule has 2 aromatic rings. The second kappa shape index (κ2) is 7.11. The zero-order valence-electron chi connectivity index (χ0n) is 13.9. The highest BCUT2D eigenvalue weighted by molar-refractivity contribution is 5.79. The van der Waals surface area contributed by atoms with Crippen molar-refractivity contribution >= 4 is 5.96 Å². The zero-order chi connectivity index (χ0) is 16.1. The van der Waals surface area contributed by atoms with Gasteiger partial charge in [0, 0.05) is 26.2 Å². The minimum absolute atomic E-state index is 0.592. The van der Waals surface area contributed by atoms with E-state index in [2.05, 4.69) is 27.3 Å². The van der Waals surface area contributed by atoms with Crippen molar-refractivity contribution in [2.75, 3.05) is 13.6 Å². The molecule has 0 aliphatic carbocycles. The summed E-state index contributed by atoms with van der Waals surface area (Å²) in [6, 6.07) is 2.03. The molecule has 22 heavy (non-hydrogen) atoms. The van der Waals surface area contributed by atoms with Crippen molar-refractivity contribution in [3.63, 3.8) is 0 Å². The predicted octanol–water partition coefficient (Wildman–Crippen LogP) is 1.62. The highest BCUT2D eigenvalue weighted by Gasteiger charge is 2.11. The van der Waals surface area contributed by atoms with Crippen LogP contribution in [0.4, 0.5) is 0 Å². The van der Waals surface area contributed by atoms with Gasteiger partial charge in [0.2, 0.25) is 0 Å². The fourth-order valence-electron chi connectivity index (χ4n) is 2.22. The van der Waals surface area contributed by atoms with E-state index in [4.69, 9.17) is 4.42 Å². The highest BCUT2D eigenvalue weighted by Crippen LogP contribution is 2.14. The molecule has 0 saturated heterocycles. The van der Waals surface area contributed by atoms with Crippen LogP contribution in [0.2, 0.25) is 0 Å². The first-order valence-corrected chi connectivity index (χ1v) is 7.39. The lowest BCUT2D eigenvalue weighted by molar-refractivity contribution is 0.448. The standard InChI is InChI=1S/C15H24N6O/c1-6-16-15(17-8-13-7-11(2)22-12(13)3)20(4)9-14-18-10-19-21(14)5/h7,10H,6,8-9H2,1-5H3,(H,16,17). The minimum Gasteiger partial charge on any atom is -0.466 e. The quantitative estimate of drug-likeness (QED) is 0.671. The van der Waals surface area contributed by atoms with Crippen LogP contribution in [0.5, 0.6) is 0 Å². The molecular weight excluding hydrogens is 280 g/mol. The first kappa shape index (κ1) is 16.1. The topological polar surface area (TPSA) is 71.5 Å². The highest BCUT2D eigenvalue weighted by atomic mass is 16.3. The summed E-state index contributed by atoms with van der Waals surface area (Å²) in [5, 5.41) is 7.39. The van der Waals surface area contributed by atoms with Gasteiger partial charge in [-0.3, -0.25) is 4.68 Å². The van der Waals surface area contributed by atoms with E-state index in [1.807, 2.05) is 38.9 Å². The molecular formula is C15H24N6O. The van der Waals surface area contributed by atoms with Gasteiger partial charge in [-0.2, -0.15) is 5.10 Å². The fourth-order valence-corrected chi connectivity index (χ4v) is 2.22. The van der Waals surface area contributed by atoms with E-state index in [0.717, 1.165) is 35.4 Å². The Morgan fingerprint density at radius 2 is 2.23 bits per heavy atom. The van der Waals surface area contributed by atoms with Crippen LogP contribution in [0.15, 0.2) is 21.8 Å². The summed E-state index contributed by atoms with van der Waals surface area (Å²) in [7, 11) is 3.88. The molecule has 0 aliphatic rings. The third kappa shape index (κ3) is 3.87. The average molecular weight is 304 g/mol. The first-order valence-electron chi connectivity index (χ1n) is 7.39. The maximum atomic E-state index is 5.54. The SMILES string of the molecule is CCNC(=NCc1cc(C)oc1C)N(C)Cc1ncnn1C. The Labute approximate surface area is 131 Å². The summed E-state index contributed by atoms with van der Waals surface area (Å²) < 4.78 is 7.31. The molecule has 7 heteroatoms. The van der Waals surface area contributed by atoms with Gasteiger partial charge >= 0.3 is 0 Å². The fraction of sp³-hybridized carbons (Fsp3) is 0.533. The predicted molar refractivity (Wildman–Crippen MR) is 85.5 cm³/mol. The van der Waals surface area contributed by atoms with Crippen LogP contribution >= 0.6 is 0 Å². The summed E-state index contributed by atoms with van der Waals surface area (Å²) >= 11 is 0. The van der Waals surface area contributed by atoms with Crippen molar-refractivity contribution in [2.45, 2.75) is 33.9 Å². The summed E-state index contributed by atoms with van der Waals surface area (Å²) in [5.41, 5.74) is 1.11. The number of guanidine groups is 1. The smallest absolute Gasteiger partial charge is 0.194 e. The minimum atomic E-state index is 0.592. The summed E-state index contributed by atoms with van der Waals surface area (Å²) in [5.74, 6) is 3.57. The molecule has 0 aliphatic heterocycles. The molecule has 0 saturated carbocycles. The Hall–Kier alpha value is -2.31. The van der Waals surface area contributed by atoms with Crippen LogP contribution in [0, 0.1) is 13.8 Å². The maximum Gasteiger partial charge on any atom is 0.194 e. The average Bonchev–Trinajstić information content (AvgIpc) is 3.00. The van der Waals surface area contributed by atoms with E-state index in [1.54, 1.807) is 11.0 Å². The van der Waals surface area contributed by atoms with Crippen LogP contribution in [-0.4, -0.2) is 39.2 Å². The largest absolute Gasteiger partial charge is 0.466 e. The lowest BCUT2D eigenvalue weighted by Gasteiger charge is -2.21. The molecule has 2 rings (SSSR count). The van der Waals surface area contributed by atoms with E-state index >= 15 is 0 Å².